The van der Waals surface area contributed by atoms with Crippen LogP contribution in [0.15, 0.2) is 4.52 Å². The van der Waals surface area contributed by atoms with Crippen LogP contribution in [0.1, 0.15) is 38.4 Å². The Kier molecular flexibility index (Phi) is 5.13. The van der Waals surface area contributed by atoms with Gasteiger partial charge in [-0.1, -0.05) is 19.0 Å². The molecule has 0 bridgehead atoms. The van der Waals surface area contributed by atoms with Crippen LogP contribution in [0.2, 0.25) is 0 Å². The van der Waals surface area contributed by atoms with E-state index in [1.165, 1.54) is 0 Å². The molecule has 1 aliphatic heterocycles. The van der Waals surface area contributed by atoms with Gasteiger partial charge in [-0.15, -0.1) is 0 Å². The van der Waals surface area contributed by atoms with Gasteiger partial charge in [-0.3, -0.25) is 0 Å². The third-order valence-electron chi connectivity index (χ3n) is 3.41. The second kappa shape index (κ2) is 6.85. The Morgan fingerprint density at radius 3 is 3.00 bits per heavy atom. The molecule has 1 aromatic rings. The van der Waals surface area contributed by atoms with Crippen molar-refractivity contribution in [2.75, 3.05) is 19.8 Å². The molecule has 2 heterocycles. The van der Waals surface area contributed by atoms with Crippen molar-refractivity contribution in [2.45, 2.75) is 45.6 Å². The van der Waals surface area contributed by atoms with Crippen LogP contribution in [0.4, 0.5) is 0 Å². The lowest BCUT2D eigenvalue weighted by molar-refractivity contribution is 0.185. The van der Waals surface area contributed by atoms with Gasteiger partial charge in [-0.2, -0.15) is 4.98 Å². The minimum Gasteiger partial charge on any atom is -0.381 e. The summed E-state index contributed by atoms with van der Waals surface area (Å²) in [4.78, 5) is 4.47. The van der Waals surface area contributed by atoms with Gasteiger partial charge in [0, 0.05) is 32.1 Å². The maximum absolute atomic E-state index is 5.35. The van der Waals surface area contributed by atoms with E-state index in [9.17, 15) is 0 Å². The Morgan fingerprint density at radius 2 is 2.33 bits per heavy atom. The van der Waals surface area contributed by atoms with Crippen molar-refractivity contribution in [1.82, 2.24) is 15.5 Å². The maximum atomic E-state index is 5.35. The molecule has 5 heteroatoms. The number of hydrogen-bond acceptors (Lipinski definition) is 5. The number of nitrogens with one attached hydrogen (secondary N) is 1. The third kappa shape index (κ3) is 3.78. The number of aromatic nitrogens is 2. The first-order valence-electron chi connectivity index (χ1n) is 6.94. The molecule has 1 fully saturated rings. The second-order valence-electron chi connectivity index (χ2n) is 4.91. The van der Waals surface area contributed by atoms with Crippen LogP contribution in [0, 0.1) is 5.92 Å². The summed E-state index contributed by atoms with van der Waals surface area (Å²) in [5.41, 5.74) is 0. The van der Waals surface area contributed by atoms with Crippen molar-refractivity contribution >= 4 is 0 Å². The molecule has 0 radical (unpaired) electrons. The predicted octanol–water partition coefficient (Wildman–Crippen LogP) is 1.58. The molecule has 0 amide bonds. The Labute approximate surface area is 108 Å². The summed E-state index contributed by atoms with van der Waals surface area (Å²) in [6.07, 6.45) is 3.88. The van der Waals surface area contributed by atoms with Gasteiger partial charge in [0.1, 0.15) is 0 Å². The number of nitrogens with zero attached hydrogens (tertiary/aromatic N) is 2. The Morgan fingerprint density at radius 1 is 1.44 bits per heavy atom. The lowest BCUT2D eigenvalue weighted by Crippen LogP contribution is -2.30. The van der Waals surface area contributed by atoms with Crippen molar-refractivity contribution in [1.29, 1.82) is 0 Å². The van der Waals surface area contributed by atoms with E-state index >= 15 is 0 Å². The van der Waals surface area contributed by atoms with Crippen LogP contribution in [0.3, 0.4) is 0 Å². The fraction of sp³-hybridized carbons (Fsp3) is 0.846. The summed E-state index contributed by atoms with van der Waals surface area (Å²) >= 11 is 0. The number of rotatable bonds is 7. The summed E-state index contributed by atoms with van der Waals surface area (Å²) in [7, 11) is 0. The van der Waals surface area contributed by atoms with Gasteiger partial charge in [0.25, 0.3) is 0 Å². The molecule has 0 aliphatic carbocycles. The molecule has 0 spiro atoms. The molecule has 1 aromatic heterocycles. The largest absolute Gasteiger partial charge is 0.381 e. The van der Waals surface area contributed by atoms with E-state index in [1.54, 1.807) is 0 Å². The summed E-state index contributed by atoms with van der Waals surface area (Å²) in [6, 6.07) is 0.429. The van der Waals surface area contributed by atoms with E-state index in [2.05, 4.69) is 29.3 Å². The standard InChI is InChI=1S/C13H23N3O2/c1-3-11(14-4-2)8-13-15-12(16-18-13)7-10-5-6-17-9-10/h10-11,14H,3-9H2,1-2H3. The third-order valence-corrected chi connectivity index (χ3v) is 3.41. The Balaban J connectivity index is 1.84. The normalized spacial score (nSPS) is 21.3. The zero-order valence-corrected chi connectivity index (χ0v) is 11.3. The fourth-order valence-corrected chi connectivity index (χ4v) is 2.32. The first-order valence-corrected chi connectivity index (χ1v) is 6.94. The molecule has 0 aromatic carbocycles. The molecule has 1 aliphatic rings. The highest BCUT2D eigenvalue weighted by Crippen LogP contribution is 2.17. The Hall–Kier alpha value is -0.940. The van der Waals surface area contributed by atoms with Crippen molar-refractivity contribution in [2.24, 2.45) is 5.92 Å². The second-order valence-corrected chi connectivity index (χ2v) is 4.91. The maximum Gasteiger partial charge on any atom is 0.228 e. The van der Waals surface area contributed by atoms with E-state index in [1.807, 2.05) is 0 Å². The molecule has 5 nitrogen and oxygen atoms in total. The highest BCUT2D eigenvalue weighted by molar-refractivity contribution is 4.91. The molecule has 102 valence electrons. The van der Waals surface area contributed by atoms with Gasteiger partial charge in [0.05, 0.1) is 0 Å². The van der Waals surface area contributed by atoms with Crippen molar-refractivity contribution < 1.29 is 9.26 Å². The van der Waals surface area contributed by atoms with E-state index in [0.717, 1.165) is 57.2 Å². The molecule has 2 rings (SSSR count). The molecular formula is C13H23N3O2. The monoisotopic (exact) mass is 253 g/mol. The van der Waals surface area contributed by atoms with Gasteiger partial charge in [0.2, 0.25) is 5.89 Å². The van der Waals surface area contributed by atoms with E-state index in [-0.39, 0.29) is 0 Å². The molecule has 18 heavy (non-hydrogen) atoms. The zero-order valence-electron chi connectivity index (χ0n) is 11.3. The zero-order chi connectivity index (χ0) is 12.8. The van der Waals surface area contributed by atoms with E-state index < -0.39 is 0 Å². The van der Waals surface area contributed by atoms with Gasteiger partial charge in [-0.05, 0) is 25.3 Å². The van der Waals surface area contributed by atoms with Gasteiger partial charge in [0.15, 0.2) is 5.82 Å². The SMILES string of the molecule is CCNC(CC)Cc1nc(CC2CCOC2)no1. The Bertz CT molecular complexity index is 348. The van der Waals surface area contributed by atoms with Crippen LogP contribution in [-0.2, 0) is 17.6 Å². The molecule has 1 saturated heterocycles. The van der Waals surface area contributed by atoms with Gasteiger partial charge in [-0.25, -0.2) is 0 Å². The van der Waals surface area contributed by atoms with Crippen LogP contribution in [0.25, 0.3) is 0 Å². The topological polar surface area (TPSA) is 60.2 Å². The number of ether oxygens (including phenoxy) is 1. The van der Waals surface area contributed by atoms with Gasteiger partial charge >= 0.3 is 0 Å². The summed E-state index contributed by atoms with van der Waals surface area (Å²) in [5.74, 6) is 2.13. The average molecular weight is 253 g/mol. The minimum atomic E-state index is 0.429. The highest BCUT2D eigenvalue weighted by Gasteiger charge is 2.19. The number of hydrogen-bond donors (Lipinski definition) is 1. The lowest BCUT2D eigenvalue weighted by Gasteiger charge is -2.12. The van der Waals surface area contributed by atoms with Crippen molar-refractivity contribution in [3.63, 3.8) is 0 Å². The van der Waals surface area contributed by atoms with E-state index in [4.69, 9.17) is 9.26 Å². The molecule has 1 N–H and O–H groups in total. The average Bonchev–Trinajstić information content (AvgIpc) is 3.01. The highest BCUT2D eigenvalue weighted by atomic mass is 16.5. The molecule has 0 saturated carbocycles. The van der Waals surface area contributed by atoms with Crippen LogP contribution < -0.4 is 5.32 Å². The molecular weight excluding hydrogens is 230 g/mol. The smallest absolute Gasteiger partial charge is 0.228 e. The summed E-state index contributed by atoms with van der Waals surface area (Å²) in [6.45, 7) is 6.95. The van der Waals surface area contributed by atoms with E-state index in [0.29, 0.717) is 12.0 Å². The predicted molar refractivity (Wildman–Crippen MR) is 68.4 cm³/mol. The van der Waals surface area contributed by atoms with Crippen LogP contribution in [-0.4, -0.2) is 35.9 Å². The van der Waals surface area contributed by atoms with Crippen molar-refractivity contribution in [3.8, 4) is 0 Å². The minimum absolute atomic E-state index is 0.429. The fourth-order valence-electron chi connectivity index (χ4n) is 2.32. The summed E-state index contributed by atoms with van der Waals surface area (Å²) in [5, 5.41) is 7.47. The first kappa shape index (κ1) is 13.5. The first-order chi connectivity index (χ1) is 8.81. The van der Waals surface area contributed by atoms with Crippen LogP contribution >= 0.6 is 0 Å². The number of likely N-dealkylation sites (N-methyl/N-ethyl adjacent to an activating group) is 1. The van der Waals surface area contributed by atoms with Crippen molar-refractivity contribution in [3.05, 3.63) is 11.7 Å². The molecule has 2 atom stereocenters. The van der Waals surface area contributed by atoms with Crippen LogP contribution in [0.5, 0.6) is 0 Å². The summed E-state index contributed by atoms with van der Waals surface area (Å²) < 4.78 is 10.7. The van der Waals surface area contributed by atoms with Gasteiger partial charge < -0.3 is 14.6 Å². The molecule has 2 unspecified atom stereocenters. The quantitative estimate of drug-likeness (QED) is 0.799. The lowest BCUT2D eigenvalue weighted by atomic mass is 10.1.